The highest BCUT2D eigenvalue weighted by atomic mass is 16.1. The maximum absolute atomic E-state index is 9.87. The average Bonchev–Trinajstić information content (AvgIpc) is 1.91. The molecular formula is C5H9N3O. The molecule has 0 unspecified atom stereocenters. The van der Waals surface area contributed by atoms with Crippen molar-refractivity contribution in [3.63, 3.8) is 0 Å². The van der Waals surface area contributed by atoms with E-state index in [0.717, 1.165) is 6.54 Å². The molecule has 0 aliphatic carbocycles. The van der Waals surface area contributed by atoms with Crippen molar-refractivity contribution in [2.24, 2.45) is 0 Å². The smallest absolute Gasteiger partial charge is 0.221 e. The maximum Gasteiger partial charge on any atom is 0.221 e. The van der Waals surface area contributed by atoms with Gasteiger partial charge in [0.15, 0.2) is 0 Å². The molecule has 9 heavy (non-hydrogen) atoms. The van der Waals surface area contributed by atoms with E-state index in [1.54, 1.807) is 5.01 Å². The van der Waals surface area contributed by atoms with Crippen molar-refractivity contribution in [3.05, 3.63) is 12.3 Å². The van der Waals surface area contributed by atoms with Crippen molar-refractivity contribution in [1.82, 2.24) is 15.8 Å². The molecule has 0 bridgehead atoms. The van der Waals surface area contributed by atoms with E-state index in [9.17, 15) is 4.79 Å². The fourth-order valence-corrected chi connectivity index (χ4v) is 0.664. The van der Waals surface area contributed by atoms with Crippen molar-refractivity contribution in [3.8, 4) is 0 Å². The van der Waals surface area contributed by atoms with Gasteiger partial charge >= 0.3 is 0 Å². The van der Waals surface area contributed by atoms with E-state index in [1.807, 2.05) is 12.3 Å². The molecule has 0 atom stereocenters. The lowest BCUT2D eigenvalue weighted by atomic mass is 10.5. The summed E-state index contributed by atoms with van der Waals surface area (Å²) in [6.07, 6.45) is 4.46. The monoisotopic (exact) mass is 127 g/mol. The molecule has 0 radical (unpaired) electrons. The molecule has 0 saturated heterocycles. The predicted molar refractivity (Wildman–Crippen MR) is 33.0 cm³/mol. The summed E-state index contributed by atoms with van der Waals surface area (Å²) >= 11 is 0. The molecule has 50 valence electrons. The number of rotatable bonds is 2. The number of hydrazine groups is 1. The van der Waals surface area contributed by atoms with Gasteiger partial charge in [-0.2, -0.15) is 5.01 Å². The van der Waals surface area contributed by atoms with Crippen LogP contribution in [0.2, 0.25) is 0 Å². The van der Waals surface area contributed by atoms with Gasteiger partial charge in [-0.3, -0.25) is 10.2 Å². The van der Waals surface area contributed by atoms with Crippen LogP contribution < -0.4 is 10.7 Å². The second-order valence-corrected chi connectivity index (χ2v) is 1.73. The number of hydrogen-bond donors (Lipinski definition) is 2. The van der Waals surface area contributed by atoms with Crippen LogP contribution in [0, 0.1) is 0 Å². The largest absolute Gasteiger partial charge is 0.377 e. The summed E-state index contributed by atoms with van der Waals surface area (Å²) in [5.41, 5.74) is 2.52. The summed E-state index contributed by atoms with van der Waals surface area (Å²) in [5, 5.41) is 4.70. The Kier molecular flexibility index (Phi) is 2.09. The minimum atomic E-state index is 0.668. The van der Waals surface area contributed by atoms with Gasteiger partial charge in [-0.05, 0) is 6.20 Å². The van der Waals surface area contributed by atoms with Gasteiger partial charge in [-0.25, -0.2) is 0 Å². The predicted octanol–water partition coefficient (Wildman–Crippen LogP) is -0.976. The number of amides is 1. The molecule has 0 spiro atoms. The first-order chi connectivity index (χ1) is 4.43. The third kappa shape index (κ3) is 1.73. The Morgan fingerprint density at radius 1 is 1.78 bits per heavy atom. The molecule has 1 aliphatic heterocycles. The molecule has 2 N–H and O–H groups in total. The molecule has 0 aromatic rings. The highest BCUT2D eigenvalue weighted by Gasteiger charge is 2.00. The zero-order valence-corrected chi connectivity index (χ0v) is 5.00. The van der Waals surface area contributed by atoms with Gasteiger partial charge in [0, 0.05) is 6.54 Å². The van der Waals surface area contributed by atoms with Crippen LogP contribution in [0.25, 0.3) is 0 Å². The molecule has 0 aromatic carbocycles. The van der Waals surface area contributed by atoms with Crippen molar-refractivity contribution < 1.29 is 4.79 Å². The van der Waals surface area contributed by atoms with Crippen molar-refractivity contribution in [1.29, 1.82) is 0 Å². The first-order valence-electron chi connectivity index (χ1n) is 2.76. The molecule has 4 nitrogen and oxygen atoms in total. The van der Waals surface area contributed by atoms with Gasteiger partial charge in [-0.1, -0.05) is 6.08 Å². The lowest BCUT2D eigenvalue weighted by Crippen LogP contribution is -2.44. The topological polar surface area (TPSA) is 44.4 Å². The standard InChI is InChI=1S/C5H9N3O/c9-5-7-8-3-1-2-6-4-8/h1-2,5-6H,3-4H2,(H,7,9). The maximum atomic E-state index is 9.87. The Morgan fingerprint density at radius 2 is 2.67 bits per heavy atom. The van der Waals surface area contributed by atoms with E-state index in [-0.39, 0.29) is 0 Å². The zero-order valence-electron chi connectivity index (χ0n) is 5.00. The molecule has 0 fully saturated rings. The minimum absolute atomic E-state index is 0.668. The normalized spacial score (nSPS) is 18.7. The van der Waals surface area contributed by atoms with Crippen LogP contribution in [-0.2, 0) is 4.79 Å². The average molecular weight is 127 g/mol. The number of nitrogens with zero attached hydrogens (tertiary/aromatic N) is 1. The number of nitrogens with one attached hydrogen (secondary N) is 2. The van der Waals surface area contributed by atoms with Crippen LogP contribution in [0.5, 0.6) is 0 Å². The summed E-state index contributed by atoms with van der Waals surface area (Å²) in [5.74, 6) is 0. The van der Waals surface area contributed by atoms with Crippen molar-refractivity contribution in [2.75, 3.05) is 13.2 Å². The Bertz CT molecular complexity index is 123. The van der Waals surface area contributed by atoms with Gasteiger partial charge in [0.25, 0.3) is 0 Å². The van der Waals surface area contributed by atoms with Gasteiger partial charge in [0.05, 0.1) is 6.67 Å². The van der Waals surface area contributed by atoms with Crippen molar-refractivity contribution in [2.45, 2.75) is 0 Å². The van der Waals surface area contributed by atoms with E-state index in [4.69, 9.17) is 0 Å². The highest BCUT2D eigenvalue weighted by Crippen LogP contribution is 1.84. The van der Waals surface area contributed by atoms with Crippen LogP contribution >= 0.6 is 0 Å². The van der Waals surface area contributed by atoms with Crippen LogP contribution in [0.15, 0.2) is 12.3 Å². The summed E-state index contributed by atoms with van der Waals surface area (Å²) in [6.45, 7) is 1.45. The molecular weight excluding hydrogens is 118 g/mol. The second kappa shape index (κ2) is 3.09. The number of carbonyl (C=O) groups is 1. The lowest BCUT2D eigenvalue weighted by molar-refractivity contribution is -0.113. The fourth-order valence-electron chi connectivity index (χ4n) is 0.664. The Morgan fingerprint density at radius 3 is 3.22 bits per heavy atom. The molecule has 0 aromatic heterocycles. The first-order valence-corrected chi connectivity index (χ1v) is 2.76. The second-order valence-electron chi connectivity index (χ2n) is 1.73. The number of carbonyl (C=O) groups excluding carboxylic acids is 1. The van der Waals surface area contributed by atoms with E-state index in [0.29, 0.717) is 13.1 Å². The fraction of sp³-hybridized carbons (Fsp3) is 0.400. The minimum Gasteiger partial charge on any atom is -0.377 e. The molecule has 1 aliphatic rings. The van der Waals surface area contributed by atoms with Crippen LogP contribution in [0.3, 0.4) is 0 Å². The third-order valence-corrected chi connectivity index (χ3v) is 1.08. The van der Waals surface area contributed by atoms with Gasteiger partial charge in [0.2, 0.25) is 6.41 Å². The van der Waals surface area contributed by atoms with E-state index >= 15 is 0 Å². The Labute approximate surface area is 53.5 Å². The van der Waals surface area contributed by atoms with Crippen molar-refractivity contribution >= 4 is 6.41 Å². The summed E-state index contributed by atoms with van der Waals surface area (Å²) < 4.78 is 0. The summed E-state index contributed by atoms with van der Waals surface area (Å²) in [7, 11) is 0. The lowest BCUT2D eigenvalue weighted by Gasteiger charge is -2.21. The quantitative estimate of drug-likeness (QED) is 0.469. The molecule has 1 rings (SSSR count). The van der Waals surface area contributed by atoms with Crippen LogP contribution in [0.4, 0.5) is 0 Å². The number of hydrogen-bond acceptors (Lipinski definition) is 3. The van der Waals surface area contributed by atoms with Crippen LogP contribution in [0.1, 0.15) is 0 Å². The van der Waals surface area contributed by atoms with Gasteiger partial charge in [-0.15, -0.1) is 0 Å². The molecule has 4 heteroatoms. The van der Waals surface area contributed by atoms with Crippen LogP contribution in [-0.4, -0.2) is 24.6 Å². The van der Waals surface area contributed by atoms with Gasteiger partial charge in [0.1, 0.15) is 0 Å². The molecule has 1 amide bonds. The molecule has 1 heterocycles. The van der Waals surface area contributed by atoms with E-state index < -0.39 is 0 Å². The summed E-state index contributed by atoms with van der Waals surface area (Å²) in [4.78, 5) is 9.87. The summed E-state index contributed by atoms with van der Waals surface area (Å²) in [6, 6.07) is 0. The third-order valence-electron chi connectivity index (χ3n) is 1.08. The SMILES string of the molecule is O=CNN1CC=CNC1. The van der Waals surface area contributed by atoms with E-state index in [1.165, 1.54) is 0 Å². The van der Waals surface area contributed by atoms with Gasteiger partial charge < -0.3 is 5.32 Å². The Balaban J connectivity index is 2.26. The van der Waals surface area contributed by atoms with E-state index in [2.05, 4.69) is 10.7 Å². The molecule has 0 saturated carbocycles. The zero-order chi connectivity index (χ0) is 6.53. The first kappa shape index (κ1) is 6.10. The highest BCUT2D eigenvalue weighted by molar-refractivity contribution is 5.45. The Hall–Kier alpha value is -1.03.